The van der Waals surface area contributed by atoms with Gasteiger partial charge in [-0.2, -0.15) is 11.3 Å². The highest BCUT2D eigenvalue weighted by Crippen LogP contribution is 2.40. The molecule has 3 nitrogen and oxygen atoms in total. The van der Waals surface area contributed by atoms with Crippen LogP contribution in [0.2, 0.25) is 0 Å². The van der Waals surface area contributed by atoms with Crippen molar-refractivity contribution in [3.05, 3.63) is 88.6 Å². The molecule has 0 amide bonds. The zero-order valence-electron chi connectivity index (χ0n) is 16.9. The van der Waals surface area contributed by atoms with Crippen LogP contribution in [0.5, 0.6) is 0 Å². The molecule has 0 unspecified atom stereocenters. The summed E-state index contributed by atoms with van der Waals surface area (Å²) >= 11 is 1.67. The highest BCUT2D eigenvalue weighted by atomic mass is 32.1. The molecule has 152 valence electrons. The van der Waals surface area contributed by atoms with E-state index in [1.165, 1.54) is 41.0 Å². The molecule has 0 radical (unpaired) electrons. The van der Waals surface area contributed by atoms with Crippen LogP contribution in [0.4, 0.5) is 0 Å². The number of rotatable bonds is 4. The highest BCUT2D eigenvalue weighted by molar-refractivity contribution is 7.08. The number of carbonyl (C=O) groups is 1. The topological polar surface area (TPSA) is 42.2 Å². The van der Waals surface area contributed by atoms with Crippen LogP contribution in [-0.4, -0.2) is 15.6 Å². The van der Waals surface area contributed by atoms with Crippen molar-refractivity contribution in [2.24, 2.45) is 0 Å². The quantitative estimate of drug-likeness (QED) is 0.326. The predicted molar refractivity (Wildman–Crippen MR) is 128 cm³/mol. The summed E-state index contributed by atoms with van der Waals surface area (Å²) in [6.45, 7) is 0. The average Bonchev–Trinajstić information content (AvgIpc) is 3.40. The zero-order chi connectivity index (χ0) is 20.9. The van der Waals surface area contributed by atoms with E-state index in [4.69, 9.17) is 0 Å². The molecule has 0 bridgehead atoms. The largest absolute Gasteiger partial charge is 0.478 e. The van der Waals surface area contributed by atoms with Gasteiger partial charge in [0, 0.05) is 22.0 Å². The lowest BCUT2D eigenvalue weighted by Crippen LogP contribution is -2.08. The minimum absolute atomic E-state index is 0.293. The Morgan fingerprint density at radius 2 is 1.87 bits per heavy atom. The molecule has 0 spiro atoms. The smallest absolute Gasteiger partial charge is 0.335 e. The second kappa shape index (κ2) is 7.10. The third-order valence-electron chi connectivity index (χ3n) is 6.57. The average molecular weight is 424 g/mol. The first-order valence-corrected chi connectivity index (χ1v) is 11.6. The van der Waals surface area contributed by atoms with Crippen LogP contribution in [0.25, 0.3) is 38.6 Å². The number of thiophene rings is 1. The summed E-state index contributed by atoms with van der Waals surface area (Å²) in [4.78, 5) is 11.6. The van der Waals surface area contributed by atoms with E-state index in [2.05, 4.69) is 57.8 Å². The molecule has 0 atom stereocenters. The van der Waals surface area contributed by atoms with Crippen LogP contribution in [-0.2, 0) is 0 Å². The monoisotopic (exact) mass is 423 g/mol. The van der Waals surface area contributed by atoms with E-state index >= 15 is 0 Å². The maximum Gasteiger partial charge on any atom is 0.335 e. The summed E-state index contributed by atoms with van der Waals surface area (Å²) < 4.78 is 2.18. The van der Waals surface area contributed by atoms with Crippen LogP contribution >= 0.6 is 11.3 Å². The summed E-state index contributed by atoms with van der Waals surface area (Å²) in [5.74, 6) is -0.200. The molecule has 2 heterocycles. The minimum Gasteiger partial charge on any atom is -0.478 e. The number of carboxylic acid groups (broad SMARTS) is 1. The summed E-state index contributed by atoms with van der Waals surface area (Å²) in [6.07, 6.45) is 3.93. The Morgan fingerprint density at radius 1 is 0.968 bits per heavy atom. The molecule has 6 rings (SSSR count). The number of benzene rings is 3. The Morgan fingerprint density at radius 3 is 2.61 bits per heavy atom. The zero-order valence-corrected chi connectivity index (χ0v) is 17.7. The lowest BCUT2D eigenvalue weighted by molar-refractivity contribution is 0.0697. The fraction of sp³-hybridized carbons (Fsp3) is 0.148. The first-order chi connectivity index (χ1) is 15.2. The SMILES string of the molecule is O=C(O)c1cccc(-n2c(-c3ccsc3)cc3c4ccc(C5CCC5)cc4ccc32)c1. The van der Waals surface area contributed by atoms with Crippen molar-refractivity contribution in [1.82, 2.24) is 4.57 Å². The van der Waals surface area contributed by atoms with Crippen molar-refractivity contribution in [3.63, 3.8) is 0 Å². The van der Waals surface area contributed by atoms with Crippen molar-refractivity contribution < 1.29 is 9.90 Å². The molecule has 0 saturated heterocycles. The van der Waals surface area contributed by atoms with Crippen molar-refractivity contribution in [3.8, 4) is 16.9 Å². The summed E-state index contributed by atoms with van der Waals surface area (Å²) in [7, 11) is 0. The number of hydrogen-bond acceptors (Lipinski definition) is 2. The maximum absolute atomic E-state index is 11.6. The number of nitrogens with zero attached hydrogens (tertiary/aromatic N) is 1. The van der Waals surface area contributed by atoms with E-state index in [9.17, 15) is 9.90 Å². The predicted octanol–water partition coefficient (Wildman–Crippen LogP) is 7.48. The van der Waals surface area contributed by atoms with E-state index in [0.29, 0.717) is 11.5 Å². The number of hydrogen-bond donors (Lipinski definition) is 1. The van der Waals surface area contributed by atoms with Gasteiger partial charge in [0.2, 0.25) is 0 Å². The van der Waals surface area contributed by atoms with E-state index in [1.807, 2.05) is 12.1 Å². The van der Waals surface area contributed by atoms with Crippen molar-refractivity contribution in [2.45, 2.75) is 25.2 Å². The van der Waals surface area contributed by atoms with E-state index in [1.54, 1.807) is 23.5 Å². The van der Waals surface area contributed by atoms with Crippen LogP contribution in [0.3, 0.4) is 0 Å². The summed E-state index contributed by atoms with van der Waals surface area (Å²) in [5.41, 5.74) is 5.91. The Labute approximate surface area is 184 Å². The molecule has 3 aromatic carbocycles. The van der Waals surface area contributed by atoms with Gasteiger partial charge in [-0.05, 0) is 76.9 Å². The molecule has 2 aromatic heterocycles. The van der Waals surface area contributed by atoms with Gasteiger partial charge in [-0.1, -0.05) is 36.8 Å². The minimum atomic E-state index is -0.913. The van der Waals surface area contributed by atoms with Gasteiger partial charge >= 0.3 is 5.97 Å². The van der Waals surface area contributed by atoms with Crippen molar-refractivity contribution >= 4 is 39.0 Å². The van der Waals surface area contributed by atoms with Gasteiger partial charge in [-0.25, -0.2) is 4.79 Å². The first kappa shape index (κ1) is 18.4. The number of aromatic carboxylic acids is 1. The lowest BCUT2D eigenvalue weighted by Gasteiger charge is -2.26. The van der Waals surface area contributed by atoms with Gasteiger partial charge in [0.15, 0.2) is 0 Å². The van der Waals surface area contributed by atoms with Gasteiger partial charge in [0.1, 0.15) is 0 Å². The van der Waals surface area contributed by atoms with Crippen molar-refractivity contribution in [1.29, 1.82) is 0 Å². The molecule has 31 heavy (non-hydrogen) atoms. The first-order valence-electron chi connectivity index (χ1n) is 10.6. The third kappa shape index (κ3) is 2.98. The Hall–Kier alpha value is -3.37. The summed E-state index contributed by atoms with van der Waals surface area (Å²) in [5, 5.41) is 17.4. The Bertz CT molecular complexity index is 1440. The molecule has 1 aliphatic rings. The Balaban J connectivity index is 1.62. The van der Waals surface area contributed by atoms with Crippen LogP contribution in [0.15, 0.2) is 77.5 Å². The molecule has 1 N–H and O–H groups in total. The molecular formula is C27H21NO2S. The van der Waals surface area contributed by atoms with Crippen LogP contribution in [0.1, 0.15) is 41.1 Å². The second-order valence-electron chi connectivity index (χ2n) is 8.34. The van der Waals surface area contributed by atoms with Gasteiger partial charge in [-0.3, -0.25) is 0 Å². The third-order valence-corrected chi connectivity index (χ3v) is 7.25. The van der Waals surface area contributed by atoms with Crippen LogP contribution < -0.4 is 0 Å². The molecule has 1 saturated carbocycles. The van der Waals surface area contributed by atoms with Gasteiger partial charge < -0.3 is 9.67 Å². The summed E-state index contributed by atoms with van der Waals surface area (Å²) in [6, 6.07) is 22.8. The van der Waals surface area contributed by atoms with E-state index in [-0.39, 0.29) is 0 Å². The van der Waals surface area contributed by atoms with Gasteiger partial charge in [-0.15, -0.1) is 0 Å². The molecule has 0 aliphatic heterocycles. The lowest BCUT2D eigenvalue weighted by atomic mass is 9.79. The number of carboxylic acids is 1. The van der Waals surface area contributed by atoms with Crippen LogP contribution in [0, 0.1) is 0 Å². The molecule has 1 aliphatic carbocycles. The fourth-order valence-electron chi connectivity index (χ4n) is 4.71. The normalized spacial score (nSPS) is 14.2. The Kier molecular flexibility index (Phi) is 4.22. The van der Waals surface area contributed by atoms with E-state index in [0.717, 1.165) is 22.5 Å². The highest BCUT2D eigenvalue weighted by Gasteiger charge is 2.20. The van der Waals surface area contributed by atoms with Crippen molar-refractivity contribution in [2.75, 3.05) is 0 Å². The maximum atomic E-state index is 11.6. The van der Waals surface area contributed by atoms with Gasteiger partial charge in [0.05, 0.1) is 16.8 Å². The standard InChI is InChI=1S/C27H21NO2S/c29-27(30)20-5-2-6-22(14-20)28-25-10-8-19-13-18(17-3-1-4-17)7-9-23(19)24(25)15-26(28)21-11-12-31-16-21/h2,5-17H,1,3-4H2,(H,29,30). The molecular weight excluding hydrogens is 402 g/mol. The number of aromatic nitrogens is 1. The molecule has 4 heteroatoms. The number of fused-ring (bicyclic) bond motifs is 3. The molecule has 1 fully saturated rings. The molecule has 5 aromatic rings. The van der Waals surface area contributed by atoms with E-state index < -0.39 is 5.97 Å². The second-order valence-corrected chi connectivity index (χ2v) is 9.12. The van der Waals surface area contributed by atoms with Gasteiger partial charge in [0.25, 0.3) is 0 Å². The fourth-order valence-corrected chi connectivity index (χ4v) is 5.36.